The number of non-ortho nitro benzene ring substituents is 1. The molecule has 6 rings (SSSR count). The van der Waals surface area contributed by atoms with Crippen molar-refractivity contribution in [3.8, 4) is 0 Å². The van der Waals surface area contributed by atoms with Crippen molar-refractivity contribution in [1.29, 1.82) is 0 Å². The zero-order valence-corrected chi connectivity index (χ0v) is 21.1. The fraction of sp³-hybridized carbons (Fsp3) is 0.0690. The van der Waals surface area contributed by atoms with Crippen molar-refractivity contribution >= 4 is 51.9 Å². The zero-order valence-electron chi connectivity index (χ0n) is 19.5. The van der Waals surface area contributed by atoms with Gasteiger partial charge in [0.2, 0.25) is 0 Å². The molecule has 0 N–H and O–H groups in total. The Morgan fingerprint density at radius 3 is 1.97 bits per heavy atom. The van der Waals surface area contributed by atoms with Crippen LogP contribution in [0.4, 0.5) is 11.4 Å². The molecule has 1 aliphatic heterocycles. The van der Waals surface area contributed by atoms with Gasteiger partial charge in [-0.25, -0.2) is 0 Å². The molecule has 0 fully saturated rings. The Kier molecular flexibility index (Phi) is 5.63. The van der Waals surface area contributed by atoms with E-state index in [0.29, 0.717) is 33.0 Å². The molecule has 1 heterocycles. The predicted molar refractivity (Wildman–Crippen MR) is 145 cm³/mol. The molecule has 7 nitrogen and oxygen atoms in total. The van der Waals surface area contributed by atoms with E-state index in [0.717, 1.165) is 0 Å². The average Bonchev–Trinajstić information content (AvgIpc) is 3.39. The molecule has 186 valence electrons. The van der Waals surface area contributed by atoms with Gasteiger partial charge in [-0.15, -0.1) is 0 Å². The van der Waals surface area contributed by atoms with Crippen LogP contribution in [0.3, 0.4) is 0 Å². The summed E-state index contributed by atoms with van der Waals surface area (Å²) in [5.74, 6) is -0.776. The Labute approximate surface area is 227 Å². The Morgan fingerprint density at radius 1 is 0.789 bits per heavy atom. The second kappa shape index (κ2) is 8.90. The molecule has 0 saturated carbocycles. The first-order valence-electron chi connectivity index (χ1n) is 11.7. The summed E-state index contributed by atoms with van der Waals surface area (Å²) in [5, 5.41) is 18.4. The number of halogens is 2. The van der Waals surface area contributed by atoms with Crippen LogP contribution in [0.2, 0.25) is 10.0 Å². The van der Waals surface area contributed by atoms with Gasteiger partial charge in [-0.3, -0.25) is 24.7 Å². The van der Waals surface area contributed by atoms with Crippen LogP contribution in [0.5, 0.6) is 0 Å². The molecule has 0 amide bonds. The summed E-state index contributed by atoms with van der Waals surface area (Å²) < 4.78 is 0. The van der Waals surface area contributed by atoms with Crippen LogP contribution < -0.4 is 5.01 Å². The van der Waals surface area contributed by atoms with Crippen molar-refractivity contribution in [3.63, 3.8) is 0 Å². The molecule has 1 unspecified atom stereocenters. The number of hydrogen-bond acceptors (Lipinski definition) is 6. The van der Waals surface area contributed by atoms with Crippen molar-refractivity contribution in [1.82, 2.24) is 0 Å². The van der Waals surface area contributed by atoms with E-state index in [9.17, 15) is 19.7 Å². The number of Topliss-reactive ketones (excluding diaryl/α,β-unsaturated/α-hetero) is 2. The average molecular weight is 542 g/mol. The monoisotopic (exact) mass is 541 g/mol. The Bertz CT molecular complexity index is 1630. The first-order valence-corrected chi connectivity index (χ1v) is 12.4. The molecule has 1 spiro atoms. The lowest BCUT2D eigenvalue weighted by atomic mass is 9.68. The van der Waals surface area contributed by atoms with Crippen molar-refractivity contribution in [3.05, 3.63) is 139 Å². The third-order valence-corrected chi connectivity index (χ3v) is 7.54. The highest BCUT2D eigenvalue weighted by Gasteiger charge is 2.66. The van der Waals surface area contributed by atoms with Crippen molar-refractivity contribution in [2.45, 2.75) is 6.04 Å². The Hall–Kier alpha value is -4.33. The van der Waals surface area contributed by atoms with Gasteiger partial charge in [0.15, 0.2) is 17.0 Å². The van der Waals surface area contributed by atoms with Crippen molar-refractivity contribution in [2.75, 3.05) is 5.01 Å². The highest BCUT2D eigenvalue weighted by Crippen LogP contribution is 2.56. The normalized spacial score (nSPS) is 17.6. The van der Waals surface area contributed by atoms with Gasteiger partial charge >= 0.3 is 0 Å². The number of hydrogen-bond donors (Lipinski definition) is 0. The number of nitro groups is 1. The topological polar surface area (TPSA) is 92.9 Å². The second-order valence-electron chi connectivity index (χ2n) is 9.02. The number of fused-ring (bicyclic) bond motifs is 1. The summed E-state index contributed by atoms with van der Waals surface area (Å²) in [7, 11) is 0. The van der Waals surface area contributed by atoms with Gasteiger partial charge in [-0.2, -0.15) is 5.10 Å². The highest BCUT2D eigenvalue weighted by atomic mass is 35.5. The summed E-state index contributed by atoms with van der Waals surface area (Å²) in [5.41, 5.74) is 0.496. The van der Waals surface area contributed by atoms with Crippen LogP contribution >= 0.6 is 23.2 Å². The second-order valence-corrected chi connectivity index (χ2v) is 9.86. The maximum Gasteiger partial charge on any atom is 0.269 e. The lowest BCUT2D eigenvalue weighted by Gasteiger charge is -2.34. The molecule has 4 aromatic carbocycles. The maximum atomic E-state index is 14.4. The summed E-state index contributed by atoms with van der Waals surface area (Å²) in [4.78, 5) is 39.6. The number of nitrogens with zero attached hydrogens (tertiary/aromatic N) is 3. The molecule has 2 aliphatic rings. The first kappa shape index (κ1) is 24.0. The third kappa shape index (κ3) is 3.40. The predicted octanol–water partition coefficient (Wildman–Crippen LogP) is 6.93. The van der Waals surface area contributed by atoms with Crippen molar-refractivity contribution in [2.24, 2.45) is 10.5 Å². The molecule has 0 radical (unpaired) electrons. The minimum atomic E-state index is -1.76. The van der Waals surface area contributed by atoms with Gasteiger partial charge in [0.1, 0.15) is 6.04 Å². The van der Waals surface area contributed by atoms with Crippen LogP contribution in [0.1, 0.15) is 37.9 Å². The summed E-state index contributed by atoms with van der Waals surface area (Å²) in [6, 6.07) is 25.6. The maximum absolute atomic E-state index is 14.4. The quantitative estimate of drug-likeness (QED) is 0.158. The van der Waals surface area contributed by atoms with Crippen LogP contribution in [-0.4, -0.2) is 22.2 Å². The lowest BCUT2D eigenvalue weighted by molar-refractivity contribution is -0.384. The number of nitro benzene ring substituents is 1. The van der Waals surface area contributed by atoms with Gasteiger partial charge in [0.25, 0.3) is 5.69 Å². The molecule has 1 aliphatic carbocycles. The minimum Gasteiger partial charge on any atom is -0.292 e. The number of carbonyl (C=O) groups is 2. The first-order chi connectivity index (χ1) is 18.3. The van der Waals surface area contributed by atoms with Crippen LogP contribution in [0.15, 0.2) is 102 Å². The van der Waals surface area contributed by atoms with E-state index in [-0.39, 0.29) is 28.0 Å². The van der Waals surface area contributed by atoms with Gasteiger partial charge in [0.05, 0.1) is 21.3 Å². The van der Waals surface area contributed by atoms with E-state index in [1.165, 1.54) is 18.2 Å². The standard InChI is InChI=1S/C29H17Cl2N3O4/c30-18-10-15-23(24(31)16-18)25-29(27(35)21-8-4-5-9-22(21)28(29)36)26(17-6-2-1-3-7-17)33(32-25)19-11-13-20(14-12-19)34(37)38/h1-16,26H. The van der Waals surface area contributed by atoms with Gasteiger partial charge in [-0.1, -0.05) is 83.9 Å². The molecule has 4 aromatic rings. The minimum absolute atomic E-state index is 0.0932. The lowest BCUT2D eigenvalue weighted by Crippen LogP contribution is -2.47. The highest BCUT2D eigenvalue weighted by molar-refractivity contribution is 6.46. The fourth-order valence-corrected chi connectivity index (χ4v) is 5.83. The van der Waals surface area contributed by atoms with Crippen LogP contribution in [0, 0.1) is 15.5 Å². The molecule has 38 heavy (non-hydrogen) atoms. The summed E-state index contributed by atoms with van der Waals surface area (Å²) >= 11 is 12.8. The molecule has 0 bridgehead atoms. The third-order valence-electron chi connectivity index (χ3n) is 7.00. The van der Waals surface area contributed by atoms with E-state index in [4.69, 9.17) is 28.3 Å². The summed E-state index contributed by atoms with van der Waals surface area (Å²) in [6.45, 7) is 0. The number of benzene rings is 4. The van der Waals surface area contributed by atoms with Gasteiger partial charge < -0.3 is 0 Å². The molecule has 9 heteroatoms. The van der Waals surface area contributed by atoms with Crippen LogP contribution in [-0.2, 0) is 0 Å². The molecular weight excluding hydrogens is 525 g/mol. The van der Waals surface area contributed by atoms with Gasteiger partial charge in [0, 0.05) is 33.8 Å². The number of anilines is 1. The largest absolute Gasteiger partial charge is 0.292 e. The van der Waals surface area contributed by atoms with E-state index in [1.807, 2.05) is 30.3 Å². The Balaban J connectivity index is 1.67. The number of ketones is 2. The number of carbonyl (C=O) groups excluding carboxylic acids is 2. The Morgan fingerprint density at radius 2 is 1.39 bits per heavy atom. The van der Waals surface area contributed by atoms with E-state index >= 15 is 0 Å². The van der Waals surface area contributed by atoms with E-state index in [1.54, 1.807) is 53.5 Å². The zero-order chi connectivity index (χ0) is 26.6. The molecule has 0 saturated heterocycles. The van der Waals surface area contributed by atoms with E-state index in [2.05, 4.69) is 0 Å². The SMILES string of the molecule is O=C1c2ccccc2C(=O)C12C(c1ccc(Cl)cc1Cl)=NN(c1ccc([N+](=O)[O-])cc1)C2c1ccccc1. The van der Waals surface area contributed by atoms with Gasteiger partial charge in [-0.05, 0) is 29.8 Å². The smallest absolute Gasteiger partial charge is 0.269 e. The summed E-state index contributed by atoms with van der Waals surface area (Å²) in [6.07, 6.45) is 0. The molecule has 0 aromatic heterocycles. The molecule has 1 atom stereocenters. The molecular formula is C29H17Cl2N3O4. The van der Waals surface area contributed by atoms with E-state index < -0.39 is 16.4 Å². The number of hydrazone groups is 1. The van der Waals surface area contributed by atoms with Crippen molar-refractivity contribution < 1.29 is 14.5 Å². The number of rotatable bonds is 4. The van der Waals surface area contributed by atoms with Crippen LogP contribution in [0.25, 0.3) is 0 Å². The fourth-order valence-electron chi connectivity index (χ4n) is 5.34.